The summed E-state index contributed by atoms with van der Waals surface area (Å²) in [6.07, 6.45) is 3.03. The number of nitrogens with one attached hydrogen (secondary N) is 2. The number of carbonyl (C=O) groups is 1. The molecule has 0 saturated carbocycles. The number of halogens is 1. The van der Waals surface area contributed by atoms with Gasteiger partial charge >= 0.3 is 6.09 Å². The maximum atomic E-state index is 13.1. The highest BCUT2D eigenvalue weighted by Crippen LogP contribution is 2.26. The van der Waals surface area contributed by atoms with Crippen molar-refractivity contribution in [2.75, 3.05) is 0 Å². The molecule has 0 aliphatic carbocycles. The van der Waals surface area contributed by atoms with Crippen LogP contribution in [-0.4, -0.2) is 25.7 Å². The first-order chi connectivity index (χ1) is 13.5. The zero-order valence-corrected chi connectivity index (χ0v) is 15.2. The molecule has 1 amide bonds. The minimum Gasteiger partial charge on any atom is -0.465 e. The Bertz CT molecular complexity index is 1130. The van der Waals surface area contributed by atoms with Crippen molar-refractivity contribution in [1.82, 2.24) is 19.9 Å². The number of imidazole rings is 1. The fourth-order valence-corrected chi connectivity index (χ4v) is 3.46. The first-order valence-corrected chi connectivity index (χ1v) is 8.85. The van der Waals surface area contributed by atoms with E-state index in [1.165, 1.54) is 12.1 Å². The molecule has 2 aromatic carbocycles. The number of aromatic amines is 1. The van der Waals surface area contributed by atoms with Crippen LogP contribution in [0.15, 0.2) is 60.9 Å². The lowest BCUT2D eigenvalue weighted by Gasteiger charge is -2.14. The Morgan fingerprint density at radius 3 is 2.75 bits per heavy atom. The quantitative estimate of drug-likeness (QED) is 0.485. The summed E-state index contributed by atoms with van der Waals surface area (Å²) in [5, 5.41) is 12.9. The molecular formula is C21H19FN4O2. The number of carboxylic acid groups (broad SMARTS) is 1. The molecule has 0 aliphatic rings. The fourth-order valence-electron chi connectivity index (χ4n) is 3.46. The van der Waals surface area contributed by atoms with Gasteiger partial charge in [0.2, 0.25) is 0 Å². The van der Waals surface area contributed by atoms with Crippen LogP contribution in [0.25, 0.3) is 22.2 Å². The summed E-state index contributed by atoms with van der Waals surface area (Å²) >= 11 is 0. The first-order valence-electron chi connectivity index (χ1n) is 8.85. The molecule has 2 aromatic heterocycles. The van der Waals surface area contributed by atoms with E-state index in [-0.39, 0.29) is 5.82 Å². The zero-order valence-electron chi connectivity index (χ0n) is 15.2. The normalized spacial score (nSPS) is 12.2. The van der Waals surface area contributed by atoms with Crippen molar-refractivity contribution < 1.29 is 14.3 Å². The summed E-state index contributed by atoms with van der Waals surface area (Å²) in [6.45, 7) is 0. The van der Waals surface area contributed by atoms with Crippen molar-refractivity contribution in [3.63, 3.8) is 0 Å². The Morgan fingerprint density at radius 1 is 1.25 bits per heavy atom. The van der Waals surface area contributed by atoms with E-state index in [2.05, 4.69) is 15.3 Å². The number of para-hydroxylation sites is 1. The second-order valence-corrected chi connectivity index (χ2v) is 6.67. The molecule has 2 heterocycles. The fraction of sp³-hybridized carbons (Fsp3) is 0.143. The zero-order chi connectivity index (χ0) is 19.7. The van der Waals surface area contributed by atoms with E-state index in [1.807, 2.05) is 42.1 Å². The minimum atomic E-state index is -1.12. The molecule has 4 rings (SSSR count). The number of aryl methyl sites for hydroxylation is 1. The topological polar surface area (TPSA) is 82.9 Å². The van der Waals surface area contributed by atoms with Gasteiger partial charge in [0.1, 0.15) is 11.6 Å². The molecule has 0 saturated heterocycles. The molecule has 0 aliphatic heterocycles. The first kappa shape index (κ1) is 17.8. The van der Waals surface area contributed by atoms with Crippen LogP contribution in [0.4, 0.5) is 9.18 Å². The summed E-state index contributed by atoms with van der Waals surface area (Å²) < 4.78 is 15.2. The van der Waals surface area contributed by atoms with Crippen LogP contribution in [0.2, 0.25) is 0 Å². The van der Waals surface area contributed by atoms with Crippen LogP contribution < -0.4 is 5.32 Å². The van der Waals surface area contributed by atoms with Crippen molar-refractivity contribution in [1.29, 1.82) is 0 Å². The average molecular weight is 378 g/mol. The molecule has 6 nitrogen and oxygen atoms in total. The summed E-state index contributed by atoms with van der Waals surface area (Å²) in [6, 6.07) is 13.5. The molecule has 1 atom stereocenters. The smallest absolute Gasteiger partial charge is 0.405 e. The minimum absolute atomic E-state index is 0.319. The summed E-state index contributed by atoms with van der Waals surface area (Å²) in [5.74, 6) is 0.190. The summed E-state index contributed by atoms with van der Waals surface area (Å²) in [7, 11) is 1.96. The molecule has 0 fully saturated rings. The average Bonchev–Trinajstić information content (AvgIpc) is 3.28. The van der Waals surface area contributed by atoms with E-state index < -0.39 is 12.1 Å². The van der Waals surface area contributed by atoms with Crippen LogP contribution >= 0.6 is 0 Å². The van der Waals surface area contributed by atoms with Gasteiger partial charge in [-0.2, -0.15) is 0 Å². The summed E-state index contributed by atoms with van der Waals surface area (Å²) in [5.41, 5.74) is 3.49. The summed E-state index contributed by atoms with van der Waals surface area (Å²) in [4.78, 5) is 19.0. The highest BCUT2D eigenvalue weighted by molar-refractivity contribution is 5.84. The molecule has 142 valence electrons. The lowest BCUT2D eigenvalue weighted by molar-refractivity contribution is 0.189. The standard InChI is InChI=1S/C21H19FN4O2/c1-26-12-14(16-4-2-3-5-19(16)26)10-17(25-21(27)28)20-23-11-18(24-20)13-6-8-15(22)9-7-13/h2-9,11-12,17,25H,10H2,1H3,(H,23,24)(H,27,28)/t17-/m1/s1. The maximum Gasteiger partial charge on any atom is 0.405 e. The largest absolute Gasteiger partial charge is 0.465 e. The van der Waals surface area contributed by atoms with Crippen LogP contribution in [0.3, 0.4) is 0 Å². The van der Waals surface area contributed by atoms with E-state index in [0.29, 0.717) is 17.9 Å². The van der Waals surface area contributed by atoms with Crippen molar-refractivity contribution >= 4 is 17.0 Å². The number of aromatic nitrogens is 3. The van der Waals surface area contributed by atoms with Gasteiger partial charge in [-0.05, 0) is 35.9 Å². The highest BCUT2D eigenvalue weighted by atomic mass is 19.1. The molecular weight excluding hydrogens is 359 g/mol. The SMILES string of the molecule is Cn1cc(C[C@@H](NC(=O)O)c2nc(-c3ccc(F)cc3)c[nH]2)c2ccccc21. The number of amides is 1. The number of hydrogen-bond donors (Lipinski definition) is 3. The predicted octanol–water partition coefficient (Wildman–Crippen LogP) is 4.26. The molecule has 0 unspecified atom stereocenters. The third kappa shape index (κ3) is 3.46. The Labute approximate surface area is 160 Å². The molecule has 0 spiro atoms. The lowest BCUT2D eigenvalue weighted by atomic mass is 10.0. The van der Waals surface area contributed by atoms with Crippen LogP contribution in [0.5, 0.6) is 0 Å². The van der Waals surface area contributed by atoms with E-state index in [1.54, 1.807) is 18.3 Å². The van der Waals surface area contributed by atoms with Crippen molar-refractivity contribution in [3.8, 4) is 11.3 Å². The van der Waals surface area contributed by atoms with Crippen molar-refractivity contribution in [2.24, 2.45) is 7.05 Å². The van der Waals surface area contributed by atoms with Crippen LogP contribution in [0.1, 0.15) is 17.4 Å². The number of nitrogens with zero attached hydrogens (tertiary/aromatic N) is 2. The third-order valence-electron chi connectivity index (χ3n) is 4.77. The Morgan fingerprint density at radius 2 is 2.00 bits per heavy atom. The van der Waals surface area contributed by atoms with E-state index >= 15 is 0 Å². The molecule has 3 N–H and O–H groups in total. The van der Waals surface area contributed by atoms with Gasteiger partial charge in [0.15, 0.2) is 0 Å². The second-order valence-electron chi connectivity index (χ2n) is 6.67. The number of benzene rings is 2. The van der Waals surface area contributed by atoms with Gasteiger partial charge in [0, 0.05) is 42.3 Å². The van der Waals surface area contributed by atoms with E-state index in [0.717, 1.165) is 22.0 Å². The highest BCUT2D eigenvalue weighted by Gasteiger charge is 2.21. The molecule has 0 radical (unpaired) electrons. The van der Waals surface area contributed by atoms with E-state index in [9.17, 15) is 14.3 Å². The van der Waals surface area contributed by atoms with Gasteiger partial charge in [-0.15, -0.1) is 0 Å². The van der Waals surface area contributed by atoms with E-state index in [4.69, 9.17) is 0 Å². The lowest BCUT2D eigenvalue weighted by Crippen LogP contribution is -2.29. The van der Waals surface area contributed by atoms with Gasteiger partial charge in [0.05, 0.1) is 11.7 Å². The third-order valence-corrected chi connectivity index (χ3v) is 4.77. The van der Waals surface area contributed by atoms with Crippen molar-refractivity contribution in [3.05, 3.63) is 78.1 Å². The monoisotopic (exact) mass is 378 g/mol. The molecule has 28 heavy (non-hydrogen) atoms. The van der Waals surface area contributed by atoms with Gasteiger partial charge in [0.25, 0.3) is 0 Å². The Balaban J connectivity index is 1.67. The second kappa shape index (κ2) is 7.19. The number of H-pyrrole nitrogens is 1. The van der Waals surface area contributed by atoms with Gasteiger partial charge < -0.3 is 20.0 Å². The number of fused-ring (bicyclic) bond motifs is 1. The van der Waals surface area contributed by atoms with Gasteiger partial charge in [-0.25, -0.2) is 14.2 Å². The van der Waals surface area contributed by atoms with Crippen LogP contribution in [0, 0.1) is 5.82 Å². The molecule has 7 heteroatoms. The number of hydrogen-bond acceptors (Lipinski definition) is 2. The molecule has 4 aromatic rings. The number of rotatable bonds is 5. The molecule has 0 bridgehead atoms. The Kier molecular flexibility index (Phi) is 4.57. The maximum absolute atomic E-state index is 13.1. The van der Waals surface area contributed by atoms with Crippen LogP contribution in [-0.2, 0) is 13.5 Å². The van der Waals surface area contributed by atoms with Gasteiger partial charge in [-0.3, -0.25) is 0 Å². The van der Waals surface area contributed by atoms with Crippen molar-refractivity contribution in [2.45, 2.75) is 12.5 Å². The predicted molar refractivity (Wildman–Crippen MR) is 105 cm³/mol. The Hall–Kier alpha value is -3.61. The van der Waals surface area contributed by atoms with Gasteiger partial charge in [-0.1, -0.05) is 18.2 Å².